The van der Waals surface area contributed by atoms with Crippen LogP contribution in [0.2, 0.25) is 0 Å². The molecular weight excluding hydrogens is 290 g/mol. The number of carbonyl (C=O) groups is 1. The van der Waals surface area contributed by atoms with Crippen molar-refractivity contribution in [3.8, 4) is 5.75 Å². The Morgan fingerprint density at radius 1 is 1.22 bits per heavy atom. The van der Waals surface area contributed by atoms with Crippen LogP contribution in [-0.2, 0) is 0 Å². The van der Waals surface area contributed by atoms with Gasteiger partial charge in [0, 0.05) is 31.2 Å². The van der Waals surface area contributed by atoms with Gasteiger partial charge in [0.25, 0.3) is 5.91 Å². The van der Waals surface area contributed by atoms with Crippen molar-refractivity contribution in [3.05, 3.63) is 54.4 Å². The molecular formula is C18H21N3O2. The number of nitrogens with one attached hydrogen (secondary N) is 1. The van der Waals surface area contributed by atoms with Crippen molar-refractivity contribution in [2.75, 3.05) is 25.5 Å². The van der Waals surface area contributed by atoms with Gasteiger partial charge in [-0.1, -0.05) is 0 Å². The topological polar surface area (TPSA) is 54.5 Å². The predicted octanol–water partition coefficient (Wildman–Crippen LogP) is 2.81. The molecule has 1 aromatic heterocycles. The van der Waals surface area contributed by atoms with Gasteiger partial charge in [0.15, 0.2) is 0 Å². The summed E-state index contributed by atoms with van der Waals surface area (Å²) < 4.78 is 6.00. The van der Waals surface area contributed by atoms with Crippen LogP contribution in [0.1, 0.15) is 23.2 Å². The van der Waals surface area contributed by atoms with Crippen molar-refractivity contribution in [1.29, 1.82) is 0 Å². The number of rotatable bonds is 4. The summed E-state index contributed by atoms with van der Waals surface area (Å²) in [6.07, 6.45) is 5.58. The number of hydrogen-bond acceptors (Lipinski definition) is 4. The fraction of sp³-hybridized carbons (Fsp3) is 0.333. The Balaban J connectivity index is 1.56. The maximum absolute atomic E-state index is 12.1. The summed E-state index contributed by atoms with van der Waals surface area (Å²) in [5.74, 6) is 0.681. The lowest BCUT2D eigenvalue weighted by Gasteiger charge is -2.29. The molecule has 1 aromatic carbocycles. The zero-order chi connectivity index (χ0) is 16.1. The molecule has 0 bridgehead atoms. The first-order valence-corrected chi connectivity index (χ1v) is 7.87. The van der Waals surface area contributed by atoms with E-state index in [1.807, 2.05) is 24.3 Å². The summed E-state index contributed by atoms with van der Waals surface area (Å²) >= 11 is 0. The molecule has 23 heavy (non-hydrogen) atoms. The standard InChI is InChI=1S/C18H21N3O2/c1-21-11-8-17(9-12-21)23-16-6-4-15(5-7-16)20-18(22)14-3-2-10-19-13-14/h2-7,10,13,17H,8-9,11-12H2,1H3,(H,20,22). The molecule has 3 rings (SSSR count). The minimum atomic E-state index is -0.165. The summed E-state index contributed by atoms with van der Waals surface area (Å²) in [6, 6.07) is 11.0. The molecule has 5 heteroatoms. The van der Waals surface area contributed by atoms with Gasteiger partial charge in [-0.15, -0.1) is 0 Å². The van der Waals surface area contributed by atoms with Crippen LogP contribution in [0.4, 0.5) is 5.69 Å². The molecule has 2 aromatic rings. The lowest BCUT2D eigenvalue weighted by Crippen LogP contribution is -2.35. The van der Waals surface area contributed by atoms with Gasteiger partial charge in [-0.05, 0) is 56.3 Å². The SMILES string of the molecule is CN1CCC(Oc2ccc(NC(=O)c3cccnc3)cc2)CC1. The summed E-state index contributed by atoms with van der Waals surface area (Å²) in [4.78, 5) is 18.3. The van der Waals surface area contributed by atoms with Crippen LogP contribution in [0.3, 0.4) is 0 Å². The van der Waals surface area contributed by atoms with Crippen molar-refractivity contribution in [2.24, 2.45) is 0 Å². The number of anilines is 1. The molecule has 1 fully saturated rings. The first kappa shape index (κ1) is 15.5. The number of carbonyl (C=O) groups excluding carboxylic acids is 1. The smallest absolute Gasteiger partial charge is 0.257 e. The predicted molar refractivity (Wildman–Crippen MR) is 89.8 cm³/mol. The van der Waals surface area contributed by atoms with Crippen molar-refractivity contribution >= 4 is 11.6 Å². The van der Waals surface area contributed by atoms with Crippen LogP contribution in [0.25, 0.3) is 0 Å². The van der Waals surface area contributed by atoms with Gasteiger partial charge >= 0.3 is 0 Å². The molecule has 120 valence electrons. The summed E-state index contributed by atoms with van der Waals surface area (Å²) in [6.45, 7) is 2.15. The molecule has 0 atom stereocenters. The lowest BCUT2D eigenvalue weighted by atomic mass is 10.1. The Kier molecular flexibility index (Phi) is 4.88. The van der Waals surface area contributed by atoms with E-state index in [0.717, 1.165) is 37.4 Å². The van der Waals surface area contributed by atoms with E-state index < -0.39 is 0 Å². The highest BCUT2D eigenvalue weighted by atomic mass is 16.5. The number of amides is 1. The number of pyridine rings is 1. The van der Waals surface area contributed by atoms with E-state index in [4.69, 9.17) is 4.74 Å². The maximum atomic E-state index is 12.1. The highest BCUT2D eigenvalue weighted by molar-refractivity contribution is 6.04. The third-order valence-electron chi connectivity index (χ3n) is 4.00. The second kappa shape index (κ2) is 7.24. The van der Waals surface area contributed by atoms with Gasteiger partial charge < -0.3 is 15.0 Å². The molecule has 5 nitrogen and oxygen atoms in total. The Labute approximate surface area is 136 Å². The van der Waals surface area contributed by atoms with Crippen LogP contribution in [0.5, 0.6) is 5.75 Å². The highest BCUT2D eigenvalue weighted by Gasteiger charge is 2.17. The minimum absolute atomic E-state index is 0.165. The number of piperidine rings is 1. The number of likely N-dealkylation sites (tertiary alicyclic amines) is 1. The quantitative estimate of drug-likeness (QED) is 0.943. The number of ether oxygens (including phenoxy) is 1. The van der Waals surface area contributed by atoms with Crippen molar-refractivity contribution in [2.45, 2.75) is 18.9 Å². The van der Waals surface area contributed by atoms with E-state index in [1.165, 1.54) is 0 Å². The minimum Gasteiger partial charge on any atom is -0.490 e. The molecule has 0 aliphatic carbocycles. The average Bonchev–Trinajstić information content (AvgIpc) is 2.59. The van der Waals surface area contributed by atoms with Gasteiger partial charge in [0.1, 0.15) is 11.9 Å². The molecule has 1 amide bonds. The zero-order valence-electron chi connectivity index (χ0n) is 13.2. The Bertz CT molecular complexity index is 635. The first-order chi connectivity index (χ1) is 11.2. The summed E-state index contributed by atoms with van der Waals surface area (Å²) in [5.41, 5.74) is 1.29. The molecule has 2 heterocycles. The third-order valence-corrected chi connectivity index (χ3v) is 4.00. The van der Waals surface area contributed by atoms with Crippen LogP contribution in [0, 0.1) is 0 Å². The van der Waals surface area contributed by atoms with E-state index >= 15 is 0 Å². The van der Waals surface area contributed by atoms with Gasteiger partial charge in [-0.3, -0.25) is 9.78 Å². The molecule has 0 saturated carbocycles. The number of nitrogens with zero attached hydrogens (tertiary/aromatic N) is 2. The molecule has 0 radical (unpaired) electrons. The third kappa shape index (κ3) is 4.29. The fourth-order valence-corrected chi connectivity index (χ4v) is 2.61. The maximum Gasteiger partial charge on any atom is 0.257 e. The lowest BCUT2D eigenvalue weighted by molar-refractivity contribution is 0.102. The second-order valence-electron chi connectivity index (χ2n) is 5.84. The molecule has 1 saturated heterocycles. The molecule has 0 spiro atoms. The Morgan fingerprint density at radius 3 is 2.61 bits per heavy atom. The first-order valence-electron chi connectivity index (χ1n) is 7.87. The van der Waals surface area contributed by atoms with Crippen LogP contribution >= 0.6 is 0 Å². The fourth-order valence-electron chi connectivity index (χ4n) is 2.61. The van der Waals surface area contributed by atoms with E-state index in [9.17, 15) is 4.79 Å². The van der Waals surface area contributed by atoms with Crippen LogP contribution < -0.4 is 10.1 Å². The van der Waals surface area contributed by atoms with Crippen molar-refractivity contribution in [1.82, 2.24) is 9.88 Å². The van der Waals surface area contributed by atoms with Crippen molar-refractivity contribution in [3.63, 3.8) is 0 Å². The zero-order valence-corrected chi connectivity index (χ0v) is 13.2. The summed E-state index contributed by atoms with van der Waals surface area (Å²) in [7, 11) is 2.13. The molecule has 1 N–H and O–H groups in total. The number of benzene rings is 1. The molecule has 0 unspecified atom stereocenters. The van der Waals surface area contributed by atoms with E-state index in [0.29, 0.717) is 5.56 Å². The normalized spacial score (nSPS) is 16.0. The summed E-state index contributed by atoms with van der Waals surface area (Å²) in [5, 5.41) is 2.85. The highest BCUT2D eigenvalue weighted by Crippen LogP contribution is 2.21. The molecule has 1 aliphatic heterocycles. The van der Waals surface area contributed by atoms with Gasteiger partial charge in [-0.25, -0.2) is 0 Å². The molecule has 1 aliphatic rings. The Hall–Kier alpha value is -2.40. The number of hydrogen-bond donors (Lipinski definition) is 1. The van der Waals surface area contributed by atoms with Crippen LogP contribution in [0.15, 0.2) is 48.8 Å². The van der Waals surface area contributed by atoms with Gasteiger partial charge in [0.2, 0.25) is 0 Å². The monoisotopic (exact) mass is 311 g/mol. The van der Waals surface area contributed by atoms with E-state index in [2.05, 4.69) is 22.2 Å². The van der Waals surface area contributed by atoms with E-state index in [1.54, 1.807) is 24.5 Å². The largest absolute Gasteiger partial charge is 0.490 e. The van der Waals surface area contributed by atoms with Gasteiger partial charge in [-0.2, -0.15) is 0 Å². The number of aromatic nitrogens is 1. The van der Waals surface area contributed by atoms with Gasteiger partial charge in [0.05, 0.1) is 5.56 Å². The van der Waals surface area contributed by atoms with Crippen LogP contribution in [-0.4, -0.2) is 42.0 Å². The Morgan fingerprint density at radius 2 is 1.96 bits per heavy atom. The second-order valence-corrected chi connectivity index (χ2v) is 5.84. The van der Waals surface area contributed by atoms with E-state index in [-0.39, 0.29) is 12.0 Å². The van der Waals surface area contributed by atoms with Crippen molar-refractivity contribution < 1.29 is 9.53 Å². The average molecular weight is 311 g/mol.